The van der Waals surface area contributed by atoms with Crippen LogP contribution in [0.15, 0.2) is 72.8 Å². The third-order valence-corrected chi connectivity index (χ3v) is 5.31. The summed E-state index contributed by atoms with van der Waals surface area (Å²) in [5, 5.41) is 1.19. The van der Waals surface area contributed by atoms with Gasteiger partial charge in [0, 0.05) is 29.2 Å². The topological polar surface area (TPSA) is 38.1 Å². The molecule has 0 aliphatic rings. The van der Waals surface area contributed by atoms with Crippen LogP contribution in [0.4, 0.5) is 0 Å². The van der Waals surface area contributed by atoms with E-state index in [-0.39, 0.29) is 5.91 Å². The molecule has 0 fully saturated rings. The molecule has 0 atom stereocenters. The van der Waals surface area contributed by atoms with Crippen LogP contribution >= 0.6 is 23.2 Å². The van der Waals surface area contributed by atoms with E-state index in [0.29, 0.717) is 28.7 Å². The van der Waals surface area contributed by atoms with Crippen molar-refractivity contribution in [1.82, 2.24) is 14.5 Å². The SMILES string of the molecule is Cn1c(CN(Cc2ccccc2)C(=O)c2cccc(Cl)c2)nc2ccc(Cl)cc21. The Hall–Kier alpha value is -2.82. The van der Waals surface area contributed by atoms with Gasteiger partial charge in [-0.15, -0.1) is 0 Å². The zero-order valence-electron chi connectivity index (χ0n) is 15.8. The van der Waals surface area contributed by atoms with Crippen molar-refractivity contribution in [3.8, 4) is 0 Å². The number of benzene rings is 3. The third-order valence-electron chi connectivity index (χ3n) is 4.84. The number of carbonyl (C=O) groups is 1. The Morgan fingerprint density at radius 2 is 1.69 bits per heavy atom. The lowest BCUT2D eigenvalue weighted by Crippen LogP contribution is -2.31. The molecule has 146 valence electrons. The Morgan fingerprint density at radius 1 is 0.931 bits per heavy atom. The highest BCUT2D eigenvalue weighted by Crippen LogP contribution is 2.22. The van der Waals surface area contributed by atoms with E-state index in [4.69, 9.17) is 28.2 Å². The fourth-order valence-electron chi connectivity index (χ4n) is 3.33. The number of halogens is 2. The van der Waals surface area contributed by atoms with Crippen LogP contribution in [0.1, 0.15) is 21.7 Å². The average Bonchev–Trinajstić information content (AvgIpc) is 3.03. The highest BCUT2D eigenvalue weighted by molar-refractivity contribution is 6.31. The maximum atomic E-state index is 13.3. The molecule has 0 aliphatic carbocycles. The van der Waals surface area contributed by atoms with E-state index in [2.05, 4.69) is 0 Å². The van der Waals surface area contributed by atoms with Gasteiger partial charge in [-0.3, -0.25) is 4.79 Å². The van der Waals surface area contributed by atoms with Crippen LogP contribution in [0, 0.1) is 0 Å². The summed E-state index contributed by atoms with van der Waals surface area (Å²) in [6.07, 6.45) is 0. The molecule has 0 radical (unpaired) electrons. The van der Waals surface area contributed by atoms with Crippen LogP contribution in [-0.2, 0) is 20.1 Å². The summed E-state index contributed by atoms with van der Waals surface area (Å²) in [7, 11) is 1.94. The van der Waals surface area contributed by atoms with E-state index >= 15 is 0 Å². The minimum absolute atomic E-state index is 0.0959. The Bertz CT molecular complexity index is 1170. The van der Waals surface area contributed by atoms with Gasteiger partial charge in [-0.25, -0.2) is 4.98 Å². The van der Waals surface area contributed by atoms with E-state index in [1.165, 1.54) is 0 Å². The first kappa shape index (κ1) is 19.5. The summed E-state index contributed by atoms with van der Waals surface area (Å²) in [5.41, 5.74) is 3.38. The minimum Gasteiger partial charge on any atom is -0.330 e. The van der Waals surface area contributed by atoms with Crippen LogP contribution < -0.4 is 0 Å². The van der Waals surface area contributed by atoms with Crippen molar-refractivity contribution < 1.29 is 4.79 Å². The molecule has 1 amide bonds. The quantitative estimate of drug-likeness (QED) is 0.411. The maximum Gasteiger partial charge on any atom is 0.254 e. The second kappa shape index (κ2) is 8.27. The highest BCUT2D eigenvalue weighted by atomic mass is 35.5. The monoisotopic (exact) mass is 423 g/mol. The predicted molar refractivity (Wildman–Crippen MR) is 117 cm³/mol. The van der Waals surface area contributed by atoms with Crippen molar-refractivity contribution in [2.24, 2.45) is 7.05 Å². The standard InChI is InChI=1S/C23H19Cl2N3O/c1-27-21-13-19(25)10-11-20(21)26-22(27)15-28(14-16-6-3-2-4-7-16)23(29)17-8-5-9-18(24)12-17/h2-13H,14-15H2,1H3. The molecule has 0 bridgehead atoms. The molecule has 0 spiro atoms. The molecule has 0 saturated heterocycles. The third kappa shape index (κ3) is 4.29. The summed E-state index contributed by atoms with van der Waals surface area (Å²) in [6.45, 7) is 0.833. The first-order chi connectivity index (χ1) is 14.0. The van der Waals surface area contributed by atoms with Crippen LogP contribution in [-0.4, -0.2) is 20.4 Å². The van der Waals surface area contributed by atoms with Crippen molar-refractivity contribution in [2.75, 3.05) is 0 Å². The molecule has 0 N–H and O–H groups in total. The van der Waals surface area contributed by atoms with Gasteiger partial charge >= 0.3 is 0 Å². The van der Waals surface area contributed by atoms with E-state index in [9.17, 15) is 4.79 Å². The molecule has 1 heterocycles. The summed E-state index contributed by atoms with van der Waals surface area (Å²) in [5.74, 6) is 0.690. The molecule has 29 heavy (non-hydrogen) atoms. The number of rotatable bonds is 5. The molecule has 1 aromatic heterocycles. The van der Waals surface area contributed by atoms with Crippen LogP contribution in [0.5, 0.6) is 0 Å². The number of aryl methyl sites for hydroxylation is 1. The number of fused-ring (bicyclic) bond motifs is 1. The molecule has 4 rings (SSSR count). The van der Waals surface area contributed by atoms with Crippen molar-refractivity contribution in [3.05, 3.63) is 99.8 Å². The first-order valence-corrected chi connectivity index (χ1v) is 9.96. The van der Waals surface area contributed by atoms with Gasteiger partial charge in [-0.2, -0.15) is 0 Å². The highest BCUT2D eigenvalue weighted by Gasteiger charge is 2.20. The lowest BCUT2D eigenvalue weighted by Gasteiger charge is -2.23. The Balaban J connectivity index is 1.70. The second-order valence-electron chi connectivity index (χ2n) is 6.88. The molecule has 4 aromatic rings. The summed E-state index contributed by atoms with van der Waals surface area (Å²) in [6, 6.07) is 22.5. The number of hydrogen-bond acceptors (Lipinski definition) is 2. The Morgan fingerprint density at radius 3 is 2.45 bits per heavy atom. The first-order valence-electron chi connectivity index (χ1n) is 9.21. The average molecular weight is 424 g/mol. The van der Waals surface area contributed by atoms with Gasteiger partial charge in [0.25, 0.3) is 5.91 Å². The van der Waals surface area contributed by atoms with E-state index in [1.54, 1.807) is 29.2 Å². The van der Waals surface area contributed by atoms with Crippen LogP contribution in [0.3, 0.4) is 0 Å². The number of hydrogen-bond donors (Lipinski definition) is 0. The fraction of sp³-hybridized carbons (Fsp3) is 0.130. The van der Waals surface area contributed by atoms with Crippen molar-refractivity contribution in [2.45, 2.75) is 13.1 Å². The zero-order valence-corrected chi connectivity index (χ0v) is 17.4. The molecule has 0 aliphatic heterocycles. The second-order valence-corrected chi connectivity index (χ2v) is 7.75. The van der Waals surface area contributed by atoms with Crippen molar-refractivity contribution in [1.29, 1.82) is 0 Å². The summed E-state index contributed by atoms with van der Waals surface area (Å²) in [4.78, 5) is 19.8. The molecular formula is C23H19Cl2N3O. The van der Waals surface area contributed by atoms with Crippen LogP contribution in [0.2, 0.25) is 10.0 Å². The Labute approximate surface area is 179 Å². The lowest BCUT2D eigenvalue weighted by atomic mass is 10.1. The van der Waals surface area contributed by atoms with Gasteiger partial charge in [0.1, 0.15) is 5.82 Å². The van der Waals surface area contributed by atoms with Crippen LogP contribution in [0.25, 0.3) is 11.0 Å². The number of carbonyl (C=O) groups excluding carboxylic acids is 1. The van der Waals surface area contributed by atoms with E-state index in [1.807, 2.05) is 60.1 Å². The molecule has 0 saturated carbocycles. The van der Waals surface area contributed by atoms with Gasteiger partial charge < -0.3 is 9.47 Å². The van der Waals surface area contributed by atoms with Gasteiger partial charge in [0.05, 0.1) is 17.6 Å². The van der Waals surface area contributed by atoms with Gasteiger partial charge in [0.2, 0.25) is 0 Å². The summed E-state index contributed by atoms with van der Waals surface area (Å²) < 4.78 is 1.98. The van der Waals surface area contributed by atoms with E-state index in [0.717, 1.165) is 22.4 Å². The predicted octanol–water partition coefficient (Wildman–Crippen LogP) is 5.72. The number of imidazole rings is 1. The molecular weight excluding hydrogens is 405 g/mol. The number of aromatic nitrogens is 2. The van der Waals surface area contributed by atoms with Gasteiger partial charge in [0.15, 0.2) is 0 Å². The Kier molecular flexibility index (Phi) is 5.56. The number of amides is 1. The smallest absolute Gasteiger partial charge is 0.254 e. The largest absolute Gasteiger partial charge is 0.330 e. The lowest BCUT2D eigenvalue weighted by molar-refractivity contribution is 0.0724. The number of nitrogens with zero attached hydrogens (tertiary/aromatic N) is 3. The fourth-order valence-corrected chi connectivity index (χ4v) is 3.69. The van der Waals surface area contributed by atoms with E-state index < -0.39 is 0 Å². The molecule has 4 nitrogen and oxygen atoms in total. The minimum atomic E-state index is -0.0959. The van der Waals surface area contributed by atoms with Crippen molar-refractivity contribution >= 4 is 40.1 Å². The molecule has 0 unspecified atom stereocenters. The van der Waals surface area contributed by atoms with Gasteiger partial charge in [-0.05, 0) is 42.0 Å². The summed E-state index contributed by atoms with van der Waals surface area (Å²) >= 11 is 12.2. The van der Waals surface area contributed by atoms with Gasteiger partial charge in [-0.1, -0.05) is 59.6 Å². The zero-order chi connectivity index (χ0) is 20.4. The van der Waals surface area contributed by atoms with Crippen molar-refractivity contribution in [3.63, 3.8) is 0 Å². The molecule has 3 aromatic carbocycles. The normalized spacial score (nSPS) is 11.0. The maximum absolute atomic E-state index is 13.3. The molecule has 6 heteroatoms.